The highest BCUT2D eigenvalue weighted by Gasteiger charge is 2.51. The number of hydrogen-bond acceptors (Lipinski definition) is 3. The van der Waals surface area contributed by atoms with Gasteiger partial charge in [-0.2, -0.15) is 4.39 Å². The highest BCUT2D eigenvalue weighted by Crippen LogP contribution is 2.38. The first kappa shape index (κ1) is 16.2. The second-order valence-corrected chi connectivity index (χ2v) is 6.30. The Morgan fingerprint density at radius 3 is 2.43 bits per heavy atom. The number of amides is 1. The minimum atomic E-state index is -2.28. The molecule has 1 saturated heterocycles. The zero-order valence-electron chi connectivity index (χ0n) is 13.4. The van der Waals surface area contributed by atoms with Crippen molar-refractivity contribution in [2.45, 2.75) is 38.0 Å². The molecule has 1 aromatic carbocycles. The lowest BCUT2D eigenvalue weighted by atomic mass is 9.83. The molecule has 0 bridgehead atoms. The summed E-state index contributed by atoms with van der Waals surface area (Å²) in [5, 5.41) is 0. The van der Waals surface area contributed by atoms with Gasteiger partial charge in [0.1, 0.15) is 5.75 Å². The van der Waals surface area contributed by atoms with Crippen LogP contribution in [0.25, 0.3) is 0 Å². The molecule has 0 aromatic heterocycles. The molecule has 4 nitrogen and oxygen atoms in total. The molecule has 1 atom stereocenters. The third kappa shape index (κ3) is 3.66. The lowest BCUT2D eigenvalue weighted by Gasteiger charge is -2.39. The Labute approximate surface area is 136 Å². The van der Waals surface area contributed by atoms with E-state index in [1.165, 1.54) is 0 Å². The molecule has 3 rings (SSSR count). The van der Waals surface area contributed by atoms with Crippen molar-refractivity contribution in [3.63, 3.8) is 0 Å². The molecule has 126 valence electrons. The van der Waals surface area contributed by atoms with Crippen molar-refractivity contribution in [2.75, 3.05) is 26.3 Å². The summed E-state index contributed by atoms with van der Waals surface area (Å²) >= 11 is 0. The second kappa shape index (κ2) is 7.30. The minimum Gasteiger partial charge on any atom is -0.449 e. The molecule has 1 unspecified atom stereocenters. The maximum Gasteiger partial charge on any atom is 0.329 e. The number of para-hydroxylation sites is 1. The first-order valence-corrected chi connectivity index (χ1v) is 8.50. The van der Waals surface area contributed by atoms with Crippen LogP contribution in [0.1, 0.15) is 32.1 Å². The van der Waals surface area contributed by atoms with E-state index in [9.17, 15) is 4.79 Å². The number of rotatable bonds is 4. The SMILES string of the molecule is O=C(N1CCOCC1)C(F)(Oc1ccccc1)C1CCCCC1. The van der Waals surface area contributed by atoms with Gasteiger partial charge in [-0.05, 0) is 25.0 Å². The van der Waals surface area contributed by atoms with Crippen molar-refractivity contribution in [2.24, 2.45) is 5.92 Å². The molecule has 1 saturated carbocycles. The normalized spacial score (nSPS) is 22.4. The predicted molar refractivity (Wildman–Crippen MR) is 84.9 cm³/mol. The van der Waals surface area contributed by atoms with E-state index < -0.39 is 11.8 Å². The fraction of sp³-hybridized carbons (Fsp3) is 0.611. The summed E-state index contributed by atoms with van der Waals surface area (Å²) in [6.07, 6.45) is 4.39. The molecule has 0 N–H and O–H groups in total. The van der Waals surface area contributed by atoms with E-state index in [4.69, 9.17) is 9.47 Å². The molecule has 0 spiro atoms. The van der Waals surface area contributed by atoms with Crippen LogP contribution in [0, 0.1) is 5.92 Å². The van der Waals surface area contributed by atoms with Crippen LogP contribution in [0.15, 0.2) is 30.3 Å². The van der Waals surface area contributed by atoms with Crippen LogP contribution >= 0.6 is 0 Å². The summed E-state index contributed by atoms with van der Waals surface area (Å²) in [6.45, 7) is 1.76. The monoisotopic (exact) mass is 321 g/mol. The molecule has 2 aliphatic rings. The largest absolute Gasteiger partial charge is 0.449 e. The van der Waals surface area contributed by atoms with Gasteiger partial charge in [-0.3, -0.25) is 4.79 Å². The average molecular weight is 321 g/mol. The molecular formula is C18H24FNO3. The first-order valence-electron chi connectivity index (χ1n) is 8.50. The molecule has 0 radical (unpaired) electrons. The molecule has 5 heteroatoms. The summed E-state index contributed by atoms with van der Waals surface area (Å²) in [5.74, 6) is -2.80. The van der Waals surface area contributed by atoms with Crippen molar-refractivity contribution in [3.05, 3.63) is 30.3 Å². The van der Waals surface area contributed by atoms with Crippen LogP contribution in [0.3, 0.4) is 0 Å². The van der Waals surface area contributed by atoms with Crippen molar-refractivity contribution >= 4 is 5.91 Å². The highest BCUT2D eigenvalue weighted by molar-refractivity contribution is 5.84. The number of carbonyl (C=O) groups is 1. The van der Waals surface area contributed by atoms with Gasteiger partial charge in [0, 0.05) is 19.0 Å². The van der Waals surface area contributed by atoms with E-state index in [0.29, 0.717) is 44.9 Å². The van der Waals surface area contributed by atoms with E-state index in [0.717, 1.165) is 19.3 Å². The summed E-state index contributed by atoms with van der Waals surface area (Å²) in [5.41, 5.74) is 0. The van der Waals surface area contributed by atoms with Crippen LogP contribution in [0.2, 0.25) is 0 Å². The van der Waals surface area contributed by atoms with Crippen molar-refractivity contribution in [3.8, 4) is 5.75 Å². The molecule has 2 fully saturated rings. The highest BCUT2D eigenvalue weighted by atomic mass is 19.2. The number of benzene rings is 1. The Morgan fingerprint density at radius 1 is 1.13 bits per heavy atom. The fourth-order valence-corrected chi connectivity index (χ4v) is 3.42. The Morgan fingerprint density at radius 2 is 1.78 bits per heavy atom. The predicted octanol–water partition coefficient (Wildman–Crippen LogP) is 3.17. The Hall–Kier alpha value is -1.62. The lowest BCUT2D eigenvalue weighted by molar-refractivity contribution is -0.184. The minimum absolute atomic E-state index is 0.383. The fourth-order valence-electron chi connectivity index (χ4n) is 3.42. The van der Waals surface area contributed by atoms with Gasteiger partial charge >= 0.3 is 11.8 Å². The summed E-state index contributed by atoms with van der Waals surface area (Å²) in [6, 6.07) is 8.82. The zero-order valence-corrected chi connectivity index (χ0v) is 13.4. The van der Waals surface area contributed by atoms with Crippen molar-refractivity contribution in [1.29, 1.82) is 0 Å². The molecule has 1 aliphatic heterocycles. The topological polar surface area (TPSA) is 38.8 Å². The maximum atomic E-state index is 15.9. The number of morpholine rings is 1. The number of carbonyl (C=O) groups excluding carboxylic acids is 1. The smallest absolute Gasteiger partial charge is 0.329 e. The Bertz CT molecular complexity index is 512. The van der Waals surface area contributed by atoms with Crippen LogP contribution in [-0.4, -0.2) is 43.0 Å². The van der Waals surface area contributed by atoms with Gasteiger partial charge in [-0.25, -0.2) is 0 Å². The summed E-state index contributed by atoms with van der Waals surface area (Å²) in [7, 11) is 0. The van der Waals surface area contributed by atoms with Crippen LogP contribution in [0.5, 0.6) is 5.75 Å². The third-order valence-corrected chi connectivity index (χ3v) is 4.73. The van der Waals surface area contributed by atoms with E-state index in [-0.39, 0.29) is 5.92 Å². The summed E-state index contributed by atoms with van der Waals surface area (Å²) in [4.78, 5) is 14.4. The van der Waals surface area contributed by atoms with E-state index in [2.05, 4.69) is 0 Å². The molecule has 1 amide bonds. The van der Waals surface area contributed by atoms with Gasteiger partial charge in [0.15, 0.2) is 0 Å². The Balaban J connectivity index is 1.83. The number of nitrogens with zero attached hydrogens (tertiary/aromatic N) is 1. The molecule has 1 aromatic rings. The standard InChI is InChI=1S/C18H24FNO3/c19-18(15-7-3-1-4-8-15,23-16-9-5-2-6-10-16)17(21)20-11-13-22-14-12-20/h2,5-6,9-10,15H,1,3-4,7-8,11-14H2. The van der Waals surface area contributed by atoms with Crippen LogP contribution in [0.4, 0.5) is 4.39 Å². The molecule has 1 heterocycles. The quantitative estimate of drug-likeness (QED) is 0.855. The van der Waals surface area contributed by atoms with Gasteiger partial charge in [0.05, 0.1) is 13.2 Å². The van der Waals surface area contributed by atoms with E-state index in [1.807, 2.05) is 6.07 Å². The van der Waals surface area contributed by atoms with Gasteiger partial charge < -0.3 is 14.4 Å². The zero-order chi connectivity index (χ0) is 16.1. The molecular weight excluding hydrogens is 297 g/mol. The van der Waals surface area contributed by atoms with Gasteiger partial charge in [-0.1, -0.05) is 37.5 Å². The number of alkyl halides is 1. The third-order valence-electron chi connectivity index (χ3n) is 4.73. The van der Waals surface area contributed by atoms with Crippen molar-refractivity contribution in [1.82, 2.24) is 4.90 Å². The molecule has 23 heavy (non-hydrogen) atoms. The number of halogens is 1. The van der Waals surface area contributed by atoms with Crippen molar-refractivity contribution < 1.29 is 18.7 Å². The second-order valence-electron chi connectivity index (χ2n) is 6.30. The summed E-state index contributed by atoms with van der Waals surface area (Å²) < 4.78 is 26.8. The Kier molecular flexibility index (Phi) is 5.16. The van der Waals surface area contributed by atoms with Gasteiger partial charge in [0.2, 0.25) is 0 Å². The van der Waals surface area contributed by atoms with Gasteiger partial charge in [0.25, 0.3) is 0 Å². The van der Waals surface area contributed by atoms with E-state index >= 15 is 4.39 Å². The number of hydrogen-bond donors (Lipinski definition) is 0. The van der Waals surface area contributed by atoms with E-state index in [1.54, 1.807) is 29.2 Å². The van der Waals surface area contributed by atoms with Crippen LogP contribution < -0.4 is 4.74 Å². The van der Waals surface area contributed by atoms with Gasteiger partial charge in [-0.15, -0.1) is 0 Å². The average Bonchev–Trinajstić information content (AvgIpc) is 2.63. The molecule has 1 aliphatic carbocycles. The maximum absolute atomic E-state index is 15.9. The van der Waals surface area contributed by atoms with Crippen LogP contribution in [-0.2, 0) is 9.53 Å². The first-order chi connectivity index (χ1) is 11.2. The lowest BCUT2D eigenvalue weighted by Crippen LogP contribution is -2.57. The number of ether oxygens (including phenoxy) is 2.